The van der Waals surface area contributed by atoms with Gasteiger partial charge in [-0.3, -0.25) is 4.79 Å². The number of methoxy groups -OCH3 is 1. The van der Waals surface area contributed by atoms with Crippen molar-refractivity contribution in [3.05, 3.63) is 87.7 Å². The maximum atomic E-state index is 15.0. The second kappa shape index (κ2) is 12.1. The Hall–Kier alpha value is -4.04. The summed E-state index contributed by atoms with van der Waals surface area (Å²) in [7, 11) is -4.21. The zero-order chi connectivity index (χ0) is 35.8. The first-order valence-electron chi connectivity index (χ1n) is 15.8. The number of nitrogens with zero attached hydrogens (tertiary/aromatic N) is 2. The number of benzene rings is 3. The number of carboxylic acid groups (broad SMARTS) is 1. The fourth-order valence-electron chi connectivity index (χ4n) is 6.79. The van der Waals surface area contributed by atoms with Gasteiger partial charge in [-0.2, -0.15) is 4.31 Å². The van der Waals surface area contributed by atoms with Crippen LogP contribution < -0.4 is 9.64 Å². The quantitative estimate of drug-likeness (QED) is 0.130. The van der Waals surface area contributed by atoms with Crippen LogP contribution in [-0.2, 0) is 26.8 Å². The zero-order valence-corrected chi connectivity index (χ0v) is 28.1. The van der Waals surface area contributed by atoms with E-state index in [0.717, 1.165) is 24.0 Å². The molecule has 3 aromatic carbocycles. The van der Waals surface area contributed by atoms with Gasteiger partial charge in [0.05, 0.1) is 31.5 Å². The molecule has 4 saturated carbocycles. The zero-order valence-electron chi connectivity index (χ0n) is 27.2. The molecule has 0 unspecified atom stereocenters. The number of halogens is 5. The molecule has 4 fully saturated rings. The Morgan fingerprint density at radius 1 is 0.918 bits per heavy atom. The number of hydrogen-bond donors (Lipinski definition) is 1. The van der Waals surface area contributed by atoms with Gasteiger partial charge in [0.15, 0.2) is 28.2 Å². The number of carbonyl (C=O) groups excluding carboxylic acids is 1. The van der Waals surface area contributed by atoms with E-state index in [1.807, 2.05) is 32.9 Å². The topological polar surface area (TPSA) is 104 Å². The van der Waals surface area contributed by atoms with Crippen LogP contribution in [0.3, 0.4) is 0 Å². The standard InChI is InChI=1S/C35H35F5N2O6S/c1-34(2,3)23-10-18(9-22(11-23)20-5-6-20)16-41(24-8-7-21(33(44)45)12-25(24)48-4)26(43)17-42(35-13-19(14-35)15-35)49(46,47)32-30(39)28(37)27(36)29(38)31(32)40/h7-12,19-20H,5-6,13-17H2,1-4H3,(H,44,45). The van der Waals surface area contributed by atoms with Crippen LogP contribution in [0.1, 0.15) is 85.8 Å². The Morgan fingerprint density at radius 2 is 1.51 bits per heavy atom. The summed E-state index contributed by atoms with van der Waals surface area (Å²) in [5.74, 6) is -14.1. The van der Waals surface area contributed by atoms with Crippen molar-refractivity contribution >= 4 is 27.6 Å². The summed E-state index contributed by atoms with van der Waals surface area (Å²) >= 11 is 0. The van der Waals surface area contributed by atoms with E-state index in [1.165, 1.54) is 30.2 Å². The van der Waals surface area contributed by atoms with E-state index in [4.69, 9.17) is 4.74 Å². The number of hydrogen-bond acceptors (Lipinski definition) is 5. The molecular formula is C35H35F5N2O6S. The van der Waals surface area contributed by atoms with E-state index in [0.29, 0.717) is 15.8 Å². The largest absolute Gasteiger partial charge is 0.495 e. The second-order valence-corrected chi connectivity index (χ2v) is 16.1. The Labute approximate surface area is 280 Å². The monoisotopic (exact) mass is 706 g/mol. The minimum absolute atomic E-state index is 0.0256. The number of sulfonamides is 1. The Balaban J connectivity index is 1.46. The number of anilines is 1. The van der Waals surface area contributed by atoms with Crippen LogP contribution >= 0.6 is 0 Å². The van der Waals surface area contributed by atoms with Crippen LogP contribution in [-0.4, -0.2) is 48.9 Å². The van der Waals surface area contributed by atoms with Gasteiger partial charge in [-0.05, 0) is 84.2 Å². The highest BCUT2D eigenvalue weighted by atomic mass is 32.2. The molecule has 0 radical (unpaired) electrons. The van der Waals surface area contributed by atoms with Crippen molar-refractivity contribution in [2.75, 3.05) is 18.6 Å². The van der Waals surface area contributed by atoms with Gasteiger partial charge in [0, 0.05) is 5.54 Å². The molecule has 0 spiro atoms. The predicted molar refractivity (Wildman–Crippen MR) is 168 cm³/mol. The Kier molecular flexibility index (Phi) is 8.58. The lowest BCUT2D eigenvalue weighted by molar-refractivity contribution is -0.131. The second-order valence-electron chi connectivity index (χ2n) is 14.3. The summed E-state index contributed by atoms with van der Waals surface area (Å²) in [5.41, 5.74) is 1.11. The molecule has 7 rings (SSSR count). The SMILES string of the molecule is COc1cc(C(=O)O)ccc1N(Cc1cc(C2CC2)cc(C(C)(C)C)c1)C(=O)CN(C12CC(C1)C2)S(=O)(=O)c1c(F)c(F)c(F)c(F)c1F. The average Bonchev–Trinajstić information content (AvgIpc) is 3.85. The molecule has 0 heterocycles. The lowest BCUT2D eigenvalue weighted by Crippen LogP contribution is -2.70. The average molecular weight is 707 g/mol. The lowest BCUT2D eigenvalue weighted by atomic mass is 9.50. The van der Waals surface area contributed by atoms with Crippen LogP contribution in [0.15, 0.2) is 41.3 Å². The van der Waals surface area contributed by atoms with E-state index in [-0.39, 0.29) is 54.1 Å². The number of aromatic carboxylic acids is 1. The summed E-state index contributed by atoms with van der Waals surface area (Å²) < 4.78 is 106. The molecule has 8 nitrogen and oxygen atoms in total. The molecule has 3 aromatic rings. The number of rotatable bonds is 11. The molecule has 0 aromatic heterocycles. The van der Waals surface area contributed by atoms with Crippen molar-refractivity contribution < 1.29 is 49.8 Å². The molecule has 4 aliphatic carbocycles. The lowest BCUT2D eigenvalue weighted by Gasteiger charge is -2.65. The van der Waals surface area contributed by atoms with Gasteiger partial charge in [-0.1, -0.05) is 39.0 Å². The van der Waals surface area contributed by atoms with E-state index >= 15 is 0 Å². The molecule has 262 valence electrons. The van der Waals surface area contributed by atoms with E-state index in [2.05, 4.69) is 6.07 Å². The third kappa shape index (κ3) is 6.07. The Morgan fingerprint density at radius 3 is 2.00 bits per heavy atom. The predicted octanol–water partition coefficient (Wildman–Crippen LogP) is 7.04. The summed E-state index contributed by atoms with van der Waals surface area (Å²) in [6.07, 6.45) is 2.71. The van der Waals surface area contributed by atoms with E-state index < -0.39 is 68.0 Å². The molecular weight excluding hydrogens is 671 g/mol. The van der Waals surface area contributed by atoms with Crippen molar-refractivity contribution in [1.82, 2.24) is 4.31 Å². The highest BCUT2D eigenvalue weighted by molar-refractivity contribution is 7.89. The number of carbonyl (C=O) groups is 2. The maximum Gasteiger partial charge on any atom is 0.335 e. The first-order valence-corrected chi connectivity index (χ1v) is 17.2. The normalized spacial score (nSPS) is 20.1. The van der Waals surface area contributed by atoms with Gasteiger partial charge in [0.2, 0.25) is 21.7 Å². The van der Waals surface area contributed by atoms with Crippen LogP contribution in [0, 0.1) is 35.0 Å². The van der Waals surface area contributed by atoms with Crippen LogP contribution in [0.25, 0.3) is 0 Å². The van der Waals surface area contributed by atoms with Gasteiger partial charge < -0.3 is 14.7 Å². The summed E-state index contributed by atoms with van der Waals surface area (Å²) in [5, 5.41) is 9.57. The van der Waals surface area contributed by atoms with Crippen molar-refractivity contribution in [2.45, 2.75) is 81.2 Å². The van der Waals surface area contributed by atoms with E-state index in [1.54, 1.807) is 0 Å². The van der Waals surface area contributed by atoms with Crippen molar-refractivity contribution in [3.63, 3.8) is 0 Å². The van der Waals surface area contributed by atoms with Crippen molar-refractivity contribution in [1.29, 1.82) is 0 Å². The highest BCUT2D eigenvalue weighted by Crippen LogP contribution is 2.62. The van der Waals surface area contributed by atoms with Crippen LogP contribution in [0.4, 0.5) is 27.6 Å². The number of amides is 1. The van der Waals surface area contributed by atoms with Crippen LogP contribution in [0.2, 0.25) is 0 Å². The summed E-state index contributed by atoms with van der Waals surface area (Å²) in [6.45, 7) is 4.95. The smallest absolute Gasteiger partial charge is 0.335 e. The number of ether oxygens (including phenoxy) is 1. The molecule has 4 aliphatic rings. The van der Waals surface area contributed by atoms with Crippen LogP contribution in [0.5, 0.6) is 5.75 Å². The first-order chi connectivity index (χ1) is 22.9. The van der Waals surface area contributed by atoms with Gasteiger partial charge in [-0.15, -0.1) is 0 Å². The first kappa shape index (κ1) is 34.8. The molecule has 14 heteroatoms. The van der Waals surface area contributed by atoms with Gasteiger partial charge in [0.1, 0.15) is 5.75 Å². The molecule has 0 aliphatic heterocycles. The minimum atomic E-state index is -5.48. The molecule has 2 bridgehead atoms. The third-order valence-electron chi connectivity index (χ3n) is 9.82. The van der Waals surface area contributed by atoms with Gasteiger partial charge >= 0.3 is 5.97 Å². The van der Waals surface area contributed by atoms with Crippen molar-refractivity contribution in [2.24, 2.45) is 5.92 Å². The Bertz CT molecular complexity index is 1950. The molecule has 0 atom stereocenters. The number of carboxylic acids is 1. The fourth-order valence-corrected chi connectivity index (χ4v) is 8.66. The van der Waals surface area contributed by atoms with E-state index in [9.17, 15) is 45.1 Å². The van der Waals surface area contributed by atoms with Gasteiger partial charge in [0.25, 0.3) is 0 Å². The van der Waals surface area contributed by atoms with Crippen molar-refractivity contribution in [3.8, 4) is 5.75 Å². The maximum absolute atomic E-state index is 15.0. The van der Waals surface area contributed by atoms with Gasteiger partial charge in [-0.25, -0.2) is 35.2 Å². The third-order valence-corrected chi connectivity index (χ3v) is 11.8. The summed E-state index contributed by atoms with van der Waals surface area (Å²) in [4.78, 5) is 25.4. The molecule has 0 saturated heterocycles. The molecule has 1 amide bonds. The fraction of sp³-hybridized carbons (Fsp3) is 0.429. The molecule has 49 heavy (non-hydrogen) atoms. The highest BCUT2D eigenvalue weighted by Gasteiger charge is 2.64. The summed E-state index contributed by atoms with van der Waals surface area (Å²) in [6, 6.07) is 9.73. The molecule has 1 N–H and O–H groups in total. The minimum Gasteiger partial charge on any atom is -0.495 e.